The molecule has 1 unspecified atom stereocenters. The van der Waals surface area contributed by atoms with Crippen molar-refractivity contribution in [3.8, 4) is 0 Å². The number of ether oxygens (including phenoxy) is 1. The average molecular weight is 185 g/mol. The van der Waals surface area contributed by atoms with Gasteiger partial charge in [-0.15, -0.1) is 0 Å². The van der Waals surface area contributed by atoms with Crippen LogP contribution in [0.15, 0.2) is 0 Å². The van der Waals surface area contributed by atoms with E-state index in [1.807, 2.05) is 7.05 Å². The van der Waals surface area contributed by atoms with Crippen molar-refractivity contribution in [2.24, 2.45) is 11.3 Å². The van der Waals surface area contributed by atoms with Crippen molar-refractivity contribution in [1.29, 1.82) is 0 Å². The largest absolute Gasteiger partial charge is 0.469 e. The topological polar surface area (TPSA) is 38.3 Å². The van der Waals surface area contributed by atoms with Crippen LogP contribution in [-0.4, -0.2) is 26.2 Å². The smallest absolute Gasteiger partial charge is 0.313 e. The summed E-state index contributed by atoms with van der Waals surface area (Å²) in [6.07, 6.45) is 1.92. The molecule has 1 aliphatic rings. The molecule has 0 radical (unpaired) electrons. The molecule has 0 amide bonds. The van der Waals surface area contributed by atoms with Gasteiger partial charge in [0.05, 0.1) is 12.5 Å². The normalized spacial score (nSPS) is 21.3. The molecular weight excluding hydrogens is 166 g/mol. The molecule has 1 fully saturated rings. The highest BCUT2D eigenvalue weighted by atomic mass is 16.5. The molecule has 0 aromatic rings. The van der Waals surface area contributed by atoms with Crippen LogP contribution in [-0.2, 0) is 9.53 Å². The maximum Gasteiger partial charge on any atom is 0.313 e. The molecule has 0 heterocycles. The first-order valence-corrected chi connectivity index (χ1v) is 4.84. The fraction of sp³-hybridized carbons (Fsp3) is 0.900. The number of hydrogen-bond donors (Lipinski definition) is 1. The highest BCUT2D eigenvalue weighted by Gasteiger charge is 2.57. The zero-order chi connectivity index (χ0) is 10.1. The second kappa shape index (κ2) is 3.66. The molecule has 1 saturated carbocycles. The number of carbonyl (C=O) groups excluding carboxylic acids is 1. The molecule has 0 saturated heterocycles. The van der Waals surface area contributed by atoms with Crippen molar-refractivity contribution < 1.29 is 9.53 Å². The Morgan fingerprint density at radius 3 is 2.23 bits per heavy atom. The van der Waals surface area contributed by atoms with Crippen molar-refractivity contribution in [2.75, 3.05) is 14.2 Å². The first kappa shape index (κ1) is 10.5. The Balaban J connectivity index is 2.72. The molecule has 0 aromatic heterocycles. The van der Waals surface area contributed by atoms with Crippen molar-refractivity contribution in [2.45, 2.75) is 32.7 Å². The Bertz CT molecular complexity index is 197. The summed E-state index contributed by atoms with van der Waals surface area (Å²) in [5, 5.41) is 3.22. The molecule has 0 bridgehead atoms. The lowest BCUT2D eigenvalue weighted by Gasteiger charge is -2.27. The van der Waals surface area contributed by atoms with Crippen molar-refractivity contribution in [3.63, 3.8) is 0 Å². The van der Waals surface area contributed by atoms with Gasteiger partial charge < -0.3 is 10.1 Å². The van der Waals surface area contributed by atoms with Crippen molar-refractivity contribution in [1.82, 2.24) is 5.32 Å². The molecule has 1 N–H and O–H groups in total. The van der Waals surface area contributed by atoms with Gasteiger partial charge in [-0.05, 0) is 25.8 Å². The standard InChI is InChI=1S/C10H19NO2/c1-7(2)8(11-3)10(5-6-10)9(12)13-4/h7-8,11H,5-6H2,1-4H3. The third kappa shape index (κ3) is 1.70. The van der Waals surface area contributed by atoms with Gasteiger partial charge in [-0.25, -0.2) is 0 Å². The van der Waals surface area contributed by atoms with Crippen LogP contribution in [0.25, 0.3) is 0 Å². The minimum Gasteiger partial charge on any atom is -0.469 e. The first-order valence-electron chi connectivity index (χ1n) is 4.84. The summed E-state index contributed by atoms with van der Waals surface area (Å²) in [6.45, 7) is 4.26. The Hall–Kier alpha value is -0.570. The summed E-state index contributed by atoms with van der Waals surface area (Å²) in [5.74, 6) is 0.409. The van der Waals surface area contributed by atoms with E-state index >= 15 is 0 Å². The number of hydrogen-bond acceptors (Lipinski definition) is 3. The summed E-state index contributed by atoms with van der Waals surface area (Å²) in [7, 11) is 3.38. The maximum atomic E-state index is 11.5. The van der Waals surface area contributed by atoms with E-state index in [-0.39, 0.29) is 17.4 Å². The number of nitrogens with one attached hydrogen (secondary N) is 1. The van der Waals surface area contributed by atoms with Gasteiger partial charge in [0.15, 0.2) is 0 Å². The second-order valence-electron chi connectivity index (χ2n) is 4.16. The summed E-state index contributed by atoms with van der Waals surface area (Å²) in [4.78, 5) is 11.5. The van der Waals surface area contributed by atoms with Crippen LogP contribution in [0.3, 0.4) is 0 Å². The van der Waals surface area contributed by atoms with Crippen molar-refractivity contribution in [3.05, 3.63) is 0 Å². The molecule has 76 valence electrons. The molecule has 1 atom stereocenters. The monoisotopic (exact) mass is 185 g/mol. The SMILES string of the molecule is CNC(C(C)C)C1(C(=O)OC)CC1. The molecule has 3 nitrogen and oxygen atoms in total. The van der Waals surface area contributed by atoms with Crippen LogP contribution in [0.2, 0.25) is 0 Å². The average Bonchev–Trinajstić information content (AvgIpc) is 2.85. The van der Waals surface area contributed by atoms with Crippen LogP contribution in [0.1, 0.15) is 26.7 Å². The quantitative estimate of drug-likeness (QED) is 0.668. The predicted octanol–water partition coefficient (Wildman–Crippen LogP) is 1.18. The first-order chi connectivity index (χ1) is 6.08. The molecule has 13 heavy (non-hydrogen) atoms. The van der Waals surface area contributed by atoms with Crippen LogP contribution in [0, 0.1) is 11.3 Å². The van der Waals surface area contributed by atoms with E-state index in [0.29, 0.717) is 5.92 Å². The summed E-state index contributed by atoms with van der Waals surface area (Å²) < 4.78 is 4.83. The van der Waals surface area contributed by atoms with Gasteiger partial charge in [0.25, 0.3) is 0 Å². The number of esters is 1. The van der Waals surface area contributed by atoms with Crippen LogP contribution in [0.4, 0.5) is 0 Å². The number of carbonyl (C=O) groups is 1. The van der Waals surface area contributed by atoms with Gasteiger partial charge in [-0.3, -0.25) is 4.79 Å². The summed E-state index contributed by atoms with van der Waals surface area (Å²) >= 11 is 0. The molecule has 3 heteroatoms. The van der Waals surface area contributed by atoms with E-state index in [4.69, 9.17) is 4.74 Å². The second-order valence-corrected chi connectivity index (χ2v) is 4.16. The summed E-state index contributed by atoms with van der Waals surface area (Å²) in [5.41, 5.74) is -0.225. The van der Waals surface area contributed by atoms with Crippen molar-refractivity contribution >= 4 is 5.97 Å². The van der Waals surface area contributed by atoms with Gasteiger partial charge in [-0.1, -0.05) is 13.8 Å². The van der Waals surface area contributed by atoms with E-state index in [9.17, 15) is 4.79 Å². The third-order valence-electron chi connectivity index (χ3n) is 2.95. The Kier molecular flexibility index (Phi) is 2.96. The van der Waals surface area contributed by atoms with Gasteiger partial charge in [0.1, 0.15) is 0 Å². The van der Waals surface area contributed by atoms with Gasteiger partial charge in [0, 0.05) is 6.04 Å². The Morgan fingerprint density at radius 1 is 1.46 bits per heavy atom. The van der Waals surface area contributed by atoms with Crippen LogP contribution in [0.5, 0.6) is 0 Å². The van der Waals surface area contributed by atoms with Crippen LogP contribution >= 0.6 is 0 Å². The lowest BCUT2D eigenvalue weighted by atomic mass is 9.87. The lowest BCUT2D eigenvalue weighted by Crippen LogP contribution is -2.44. The molecule has 1 rings (SSSR count). The van der Waals surface area contributed by atoms with E-state index in [2.05, 4.69) is 19.2 Å². The Morgan fingerprint density at radius 2 is 2.00 bits per heavy atom. The van der Waals surface area contributed by atoms with E-state index in [1.165, 1.54) is 7.11 Å². The van der Waals surface area contributed by atoms with Crippen LogP contribution < -0.4 is 5.32 Å². The minimum atomic E-state index is -0.225. The maximum absolute atomic E-state index is 11.5. The van der Waals surface area contributed by atoms with Gasteiger partial charge >= 0.3 is 5.97 Å². The molecule has 0 spiro atoms. The molecule has 0 aliphatic heterocycles. The van der Waals surface area contributed by atoms with E-state index in [0.717, 1.165) is 12.8 Å². The minimum absolute atomic E-state index is 0.0550. The van der Waals surface area contributed by atoms with E-state index in [1.54, 1.807) is 0 Å². The lowest BCUT2D eigenvalue weighted by molar-refractivity contribution is -0.148. The number of rotatable bonds is 4. The molecule has 0 aromatic carbocycles. The fourth-order valence-corrected chi connectivity index (χ4v) is 2.23. The fourth-order valence-electron chi connectivity index (χ4n) is 2.23. The number of methoxy groups -OCH3 is 1. The predicted molar refractivity (Wildman–Crippen MR) is 51.4 cm³/mol. The zero-order valence-electron chi connectivity index (χ0n) is 8.89. The Labute approximate surface area is 79.8 Å². The van der Waals surface area contributed by atoms with E-state index < -0.39 is 0 Å². The molecule has 1 aliphatic carbocycles. The molecular formula is C10H19NO2. The highest BCUT2D eigenvalue weighted by molar-refractivity contribution is 5.80. The van der Waals surface area contributed by atoms with Gasteiger partial charge in [0.2, 0.25) is 0 Å². The highest BCUT2D eigenvalue weighted by Crippen LogP contribution is 2.51. The summed E-state index contributed by atoms with van der Waals surface area (Å²) in [6, 6.07) is 0.250. The zero-order valence-corrected chi connectivity index (χ0v) is 8.89. The third-order valence-corrected chi connectivity index (χ3v) is 2.95. The van der Waals surface area contributed by atoms with Gasteiger partial charge in [-0.2, -0.15) is 0 Å².